The Morgan fingerprint density at radius 2 is 2.11 bits per heavy atom. The van der Waals surface area contributed by atoms with Crippen LogP contribution in [0.15, 0.2) is 18.2 Å². The second-order valence-corrected chi connectivity index (χ2v) is 4.58. The molecule has 0 amide bonds. The van der Waals surface area contributed by atoms with E-state index in [1.807, 2.05) is 6.92 Å². The fourth-order valence-electron chi connectivity index (χ4n) is 2.02. The van der Waals surface area contributed by atoms with Gasteiger partial charge in [0.25, 0.3) is 0 Å². The molecule has 4 nitrogen and oxygen atoms in total. The zero-order valence-electron chi connectivity index (χ0n) is 11.4. The predicted octanol–water partition coefficient (Wildman–Crippen LogP) is 1.87. The van der Waals surface area contributed by atoms with Gasteiger partial charge in [0.2, 0.25) is 0 Å². The van der Waals surface area contributed by atoms with Gasteiger partial charge in [-0.25, -0.2) is 4.39 Å². The summed E-state index contributed by atoms with van der Waals surface area (Å²) in [4.78, 5) is 12.1. The molecule has 0 aromatic heterocycles. The van der Waals surface area contributed by atoms with Crippen LogP contribution in [-0.2, 0) is 16.0 Å². The number of carbonyl (C=O) groups excluding carboxylic acids is 1. The first-order chi connectivity index (χ1) is 8.99. The SMILES string of the molecule is CCOC(=O)C(CC)(CN)Cc1cc(F)ccc1N. The molecule has 0 aliphatic heterocycles. The van der Waals surface area contributed by atoms with Gasteiger partial charge in [-0.15, -0.1) is 0 Å². The molecular weight excluding hydrogens is 247 g/mol. The summed E-state index contributed by atoms with van der Waals surface area (Å²) < 4.78 is 18.4. The first-order valence-electron chi connectivity index (χ1n) is 6.40. The van der Waals surface area contributed by atoms with Crippen LogP contribution >= 0.6 is 0 Å². The summed E-state index contributed by atoms with van der Waals surface area (Å²) in [6.45, 7) is 4.03. The Labute approximate surface area is 112 Å². The van der Waals surface area contributed by atoms with E-state index < -0.39 is 5.41 Å². The number of rotatable bonds is 6. The molecule has 1 rings (SSSR count). The molecule has 1 unspecified atom stereocenters. The van der Waals surface area contributed by atoms with Crippen LogP contribution in [0.4, 0.5) is 10.1 Å². The molecule has 106 valence electrons. The van der Waals surface area contributed by atoms with Gasteiger partial charge in [-0.1, -0.05) is 6.92 Å². The molecule has 0 fully saturated rings. The third kappa shape index (κ3) is 3.44. The van der Waals surface area contributed by atoms with Gasteiger partial charge >= 0.3 is 5.97 Å². The Morgan fingerprint density at radius 1 is 1.42 bits per heavy atom. The third-order valence-electron chi connectivity index (χ3n) is 3.41. The van der Waals surface area contributed by atoms with Crippen molar-refractivity contribution >= 4 is 11.7 Å². The Morgan fingerprint density at radius 3 is 2.63 bits per heavy atom. The number of ether oxygens (including phenoxy) is 1. The monoisotopic (exact) mass is 268 g/mol. The molecule has 0 aliphatic rings. The third-order valence-corrected chi connectivity index (χ3v) is 3.41. The maximum absolute atomic E-state index is 13.3. The first kappa shape index (κ1) is 15.4. The highest BCUT2D eigenvalue weighted by molar-refractivity contribution is 5.78. The van der Waals surface area contributed by atoms with Gasteiger partial charge < -0.3 is 16.2 Å². The minimum Gasteiger partial charge on any atom is -0.466 e. The smallest absolute Gasteiger partial charge is 0.313 e. The topological polar surface area (TPSA) is 78.3 Å². The van der Waals surface area contributed by atoms with E-state index in [2.05, 4.69) is 0 Å². The minimum atomic E-state index is -0.849. The van der Waals surface area contributed by atoms with E-state index in [0.29, 0.717) is 24.3 Å². The standard InChI is InChI=1S/C14H21FN2O2/c1-3-14(9-16,13(18)19-4-2)8-10-7-11(15)5-6-12(10)17/h5-7H,3-4,8-9,16-17H2,1-2H3. The Bertz CT molecular complexity index is 445. The van der Waals surface area contributed by atoms with Gasteiger partial charge in [-0.2, -0.15) is 0 Å². The summed E-state index contributed by atoms with van der Waals surface area (Å²) in [6, 6.07) is 4.13. The molecule has 1 aromatic rings. The van der Waals surface area contributed by atoms with Crippen LogP contribution in [-0.4, -0.2) is 19.1 Å². The van der Waals surface area contributed by atoms with Crippen molar-refractivity contribution in [3.05, 3.63) is 29.6 Å². The van der Waals surface area contributed by atoms with E-state index in [-0.39, 0.29) is 24.8 Å². The number of hydrogen-bond donors (Lipinski definition) is 2. The number of esters is 1. The van der Waals surface area contributed by atoms with Gasteiger partial charge in [-0.05, 0) is 43.5 Å². The lowest BCUT2D eigenvalue weighted by molar-refractivity contribution is -0.155. The fourth-order valence-corrected chi connectivity index (χ4v) is 2.02. The summed E-state index contributed by atoms with van der Waals surface area (Å²) in [6.07, 6.45) is 0.792. The summed E-state index contributed by atoms with van der Waals surface area (Å²) >= 11 is 0. The van der Waals surface area contributed by atoms with Crippen LogP contribution in [0.25, 0.3) is 0 Å². The van der Waals surface area contributed by atoms with Gasteiger partial charge in [0.1, 0.15) is 5.82 Å². The average Bonchev–Trinajstić information content (AvgIpc) is 2.40. The van der Waals surface area contributed by atoms with Crippen molar-refractivity contribution < 1.29 is 13.9 Å². The Hall–Kier alpha value is -1.62. The number of benzene rings is 1. The van der Waals surface area contributed by atoms with Crippen LogP contribution in [0.1, 0.15) is 25.8 Å². The summed E-state index contributed by atoms with van der Waals surface area (Å²) in [5, 5.41) is 0. The maximum atomic E-state index is 13.3. The van der Waals surface area contributed by atoms with Crippen LogP contribution in [0.3, 0.4) is 0 Å². The predicted molar refractivity (Wildman–Crippen MR) is 72.9 cm³/mol. The zero-order chi connectivity index (χ0) is 14.5. The number of nitrogens with two attached hydrogens (primary N) is 2. The van der Waals surface area contributed by atoms with Crippen LogP contribution in [0, 0.1) is 11.2 Å². The second kappa shape index (κ2) is 6.52. The lowest BCUT2D eigenvalue weighted by Gasteiger charge is -2.29. The summed E-state index contributed by atoms with van der Waals surface area (Å²) in [7, 11) is 0. The summed E-state index contributed by atoms with van der Waals surface area (Å²) in [5.41, 5.74) is 11.8. The highest BCUT2D eigenvalue weighted by atomic mass is 19.1. The van der Waals surface area contributed by atoms with Crippen molar-refractivity contribution in [3.63, 3.8) is 0 Å². The highest BCUT2D eigenvalue weighted by Gasteiger charge is 2.37. The van der Waals surface area contributed by atoms with E-state index in [9.17, 15) is 9.18 Å². The number of nitrogen functional groups attached to an aromatic ring is 1. The first-order valence-corrected chi connectivity index (χ1v) is 6.40. The highest BCUT2D eigenvalue weighted by Crippen LogP contribution is 2.30. The lowest BCUT2D eigenvalue weighted by Crippen LogP contribution is -2.41. The molecule has 4 N–H and O–H groups in total. The fraction of sp³-hybridized carbons (Fsp3) is 0.500. The molecule has 0 saturated carbocycles. The van der Waals surface area contributed by atoms with Crippen LogP contribution in [0.5, 0.6) is 0 Å². The van der Waals surface area contributed by atoms with E-state index in [0.717, 1.165) is 0 Å². The average molecular weight is 268 g/mol. The molecule has 0 radical (unpaired) electrons. The number of hydrogen-bond acceptors (Lipinski definition) is 4. The van der Waals surface area contributed by atoms with E-state index >= 15 is 0 Å². The maximum Gasteiger partial charge on any atom is 0.313 e. The molecule has 19 heavy (non-hydrogen) atoms. The van der Waals surface area contributed by atoms with Crippen molar-refractivity contribution in [3.8, 4) is 0 Å². The van der Waals surface area contributed by atoms with E-state index in [4.69, 9.17) is 16.2 Å². The molecule has 0 saturated heterocycles. The number of halogens is 1. The zero-order valence-corrected chi connectivity index (χ0v) is 11.4. The van der Waals surface area contributed by atoms with Gasteiger partial charge in [0.05, 0.1) is 12.0 Å². The molecule has 0 aliphatic carbocycles. The lowest BCUT2D eigenvalue weighted by atomic mass is 9.79. The van der Waals surface area contributed by atoms with E-state index in [1.165, 1.54) is 18.2 Å². The van der Waals surface area contributed by atoms with Crippen molar-refractivity contribution in [2.45, 2.75) is 26.7 Å². The molecule has 0 heterocycles. The van der Waals surface area contributed by atoms with Gasteiger partial charge in [0, 0.05) is 12.2 Å². The molecule has 5 heteroatoms. The van der Waals surface area contributed by atoms with Crippen molar-refractivity contribution in [2.75, 3.05) is 18.9 Å². The van der Waals surface area contributed by atoms with Crippen molar-refractivity contribution in [2.24, 2.45) is 11.1 Å². The Balaban J connectivity index is 3.07. The molecule has 0 bridgehead atoms. The van der Waals surface area contributed by atoms with Crippen molar-refractivity contribution in [1.29, 1.82) is 0 Å². The quantitative estimate of drug-likeness (QED) is 0.610. The largest absolute Gasteiger partial charge is 0.466 e. The Kier molecular flexibility index (Phi) is 5.30. The normalized spacial score (nSPS) is 13.9. The van der Waals surface area contributed by atoms with Crippen LogP contribution in [0.2, 0.25) is 0 Å². The van der Waals surface area contributed by atoms with Crippen molar-refractivity contribution in [1.82, 2.24) is 0 Å². The van der Waals surface area contributed by atoms with Crippen LogP contribution < -0.4 is 11.5 Å². The molecule has 1 aromatic carbocycles. The van der Waals surface area contributed by atoms with E-state index in [1.54, 1.807) is 6.92 Å². The molecule has 1 atom stereocenters. The minimum absolute atomic E-state index is 0.137. The second-order valence-electron chi connectivity index (χ2n) is 4.58. The summed E-state index contributed by atoms with van der Waals surface area (Å²) in [5.74, 6) is -0.737. The number of anilines is 1. The molecular formula is C14H21FN2O2. The molecule has 0 spiro atoms. The van der Waals surface area contributed by atoms with Gasteiger partial charge in [0.15, 0.2) is 0 Å². The van der Waals surface area contributed by atoms with Gasteiger partial charge in [-0.3, -0.25) is 4.79 Å². The number of carbonyl (C=O) groups is 1.